The second-order valence-corrected chi connectivity index (χ2v) is 8.79. The molecule has 1 aromatic heterocycles. The van der Waals surface area contributed by atoms with Crippen LogP contribution in [-0.2, 0) is 11.2 Å². The first-order valence-electron chi connectivity index (χ1n) is 9.65. The van der Waals surface area contributed by atoms with Gasteiger partial charge in [0.25, 0.3) is 0 Å². The van der Waals surface area contributed by atoms with Crippen molar-refractivity contribution in [2.24, 2.45) is 5.92 Å². The van der Waals surface area contributed by atoms with Crippen LogP contribution in [0.1, 0.15) is 46.4 Å². The van der Waals surface area contributed by atoms with Crippen molar-refractivity contribution in [2.75, 3.05) is 13.1 Å². The molecule has 0 aliphatic carbocycles. The topological polar surface area (TPSA) is 45.2 Å². The molecule has 3 atom stereocenters. The van der Waals surface area contributed by atoms with Gasteiger partial charge in [0.15, 0.2) is 0 Å². The largest absolute Gasteiger partial charge is 0.355 e. The highest BCUT2D eigenvalue weighted by Gasteiger charge is 2.46. The number of thiazole rings is 1. The quantitative estimate of drug-likeness (QED) is 0.875. The van der Waals surface area contributed by atoms with E-state index < -0.39 is 0 Å². The number of nitrogens with zero attached hydrogens (tertiary/aromatic N) is 2. The molecule has 0 spiro atoms. The Labute approximate surface area is 159 Å². The van der Waals surface area contributed by atoms with Gasteiger partial charge in [-0.3, -0.25) is 9.69 Å². The Morgan fingerprint density at radius 2 is 2.12 bits per heavy atom. The summed E-state index contributed by atoms with van der Waals surface area (Å²) >= 11 is 1.74. The molecule has 0 bridgehead atoms. The number of nitrogens with one attached hydrogen (secondary N) is 1. The van der Waals surface area contributed by atoms with Crippen molar-refractivity contribution in [3.63, 3.8) is 0 Å². The molecule has 0 saturated carbocycles. The van der Waals surface area contributed by atoms with Gasteiger partial charge in [-0.15, -0.1) is 11.3 Å². The minimum atomic E-state index is 0.113. The Morgan fingerprint density at radius 1 is 1.31 bits per heavy atom. The van der Waals surface area contributed by atoms with E-state index in [4.69, 9.17) is 0 Å². The lowest BCUT2D eigenvalue weighted by Gasteiger charge is -2.24. The molecule has 2 aliphatic rings. The molecule has 4 rings (SSSR count). The number of carbonyl (C=O) groups excluding carboxylic acids is 1. The summed E-state index contributed by atoms with van der Waals surface area (Å²) in [4.78, 5) is 21.3. The predicted octanol–water partition coefficient (Wildman–Crippen LogP) is 3.64. The first kappa shape index (κ1) is 17.7. The number of benzene rings is 1. The number of aryl methyl sites for hydroxylation is 2. The molecule has 2 fully saturated rings. The van der Waals surface area contributed by atoms with E-state index in [1.165, 1.54) is 16.9 Å². The average Bonchev–Trinajstić information content (AvgIpc) is 3.31. The van der Waals surface area contributed by atoms with Crippen molar-refractivity contribution >= 4 is 17.2 Å². The Balaban J connectivity index is 1.38. The van der Waals surface area contributed by atoms with Crippen molar-refractivity contribution in [2.45, 2.75) is 51.6 Å². The molecule has 1 N–H and O–H groups in total. The number of fused-ring (bicyclic) bond motifs is 1. The third-order valence-electron chi connectivity index (χ3n) is 5.92. The third kappa shape index (κ3) is 3.42. The van der Waals surface area contributed by atoms with Gasteiger partial charge < -0.3 is 5.32 Å². The van der Waals surface area contributed by atoms with E-state index in [1.807, 2.05) is 6.92 Å². The molecule has 0 radical (unpaired) electrons. The van der Waals surface area contributed by atoms with Crippen LogP contribution in [0.4, 0.5) is 0 Å². The van der Waals surface area contributed by atoms with Gasteiger partial charge in [0, 0.05) is 29.9 Å². The van der Waals surface area contributed by atoms with Crippen LogP contribution in [0.2, 0.25) is 0 Å². The SMILES string of the molecule is Cc1nc(CCNC(=O)[C@@H]2C[C@H](c3ccccc3)N3CCC[C@@H]23)sc1C. The maximum Gasteiger partial charge on any atom is 0.224 e. The predicted molar refractivity (Wildman–Crippen MR) is 105 cm³/mol. The van der Waals surface area contributed by atoms with Crippen LogP contribution in [0.3, 0.4) is 0 Å². The number of hydrogen-bond donors (Lipinski definition) is 1. The zero-order chi connectivity index (χ0) is 18.1. The molecule has 5 heteroatoms. The zero-order valence-corrected chi connectivity index (χ0v) is 16.4. The molecule has 138 valence electrons. The van der Waals surface area contributed by atoms with Crippen LogP contribution in [-0.4, -0.2) is 34.9 Å². The summed E-state index contributed by atoms with van der Waals surface area (Å²) in [5, 5.41) is 4.31. The average molecular weight is 370 g/mol. The van der Waals surface area contributed by atoms with Gasteiger partial charge in [-0.2, -0.15) is 0 Å². The standard InChI is InChI=1S/C21H27N3OS/c1-14-15(2)26-20(23-14)10-11-22-21(25)17-13-19(16-7-4-3-5-8-16)24-12-6-9-18(17)24/h3-5,7-8,17-19H,6,9-13H2,1-2H3,(H,22,25)/t17-,18+,19-/m1/s1. The summed E-state index contributed by atoms with van der Waals surface area (Å²) in [5.41, 5.74) is 2.46. The maximum absolute atomic E-state index is 12.9. The molecule has 4 nitrogen and oxygen atoms in total. The first-order chi connectivity index (χ1) is 12.6. The van der Waals surface area contributed by atoms with Gasteiger partial charge in [0.2, 0.25) is 5.91 Å². The number of amides is 1. The van der Waals surface area contributed by atoms with Gasteiger partial charge in [-0.25, -0.2) is 4.98 Å². The molecular formula is C21H27N3OS. The summed E-state index contributed by atoms with van der Waals surface area (Å²) in [6, 6.07) is 11.5. The van der Waals surface area contributed by atoms with E-state index in [9.17, 15) is 4.79 Å². The number of aromatic nitrogens is 1. The van der Waals surface area contributed by atoms with Crippen molar-refractivity contribution in [1.29, 1.82) is 0 Å². The Bertz CT molecular complexity index is 753. The molecule has 2 aliphatic heterocycles. The van der Waals surface area contributed by atoms with Crippen molar-refractivity contribution < 1.29 is 4.79 Å². The molecule has 1 amide bonds. The van der Waals surface area contributed by atoms with Gasteiger partial charge in [0.1, 0.15) is 0 Å². The van der Waals surface area contributed by atoms with Gasteiger partial charge in [0.05, 0.1) is 16.6 Å². The van der Waals surface area contributed by atoms with Crippen LogP contribution >= 0.6 is 11.3 Å². The van der Waals surface area contributed by atoms with Crippen molar-refractivity contribution in [3.05, 3.63) is 51.5 Å². The second-order valence-electron chi connectivity index (χ2n) is 7.51. The molecule has 2 aromatic rings. The monoisotopic (exact) mass is 369 g/mol. The fourth-order valence-electron chi connectivity index (χ4n) is 4.52. The zero-order valence-electron chi connectivity index (χ0n) is 15.6. The van der Waals surface area contributed by atoms with Gasteiger partial charge >= 0.3 is 0 Å². The van der Waals surface area contributed by atoms with E-state index in [0.717, 1.165) is 36.5 Å². The van der Waals surface area contributed by atoms with Gasteiger partial charge in [-0.05, 0) is 45.2 Å². The lowest BCUT2D eigenvalue weighted by molar-refractivity contribution is -0.125. The third-order valence-corrected chi connectivity index (χ3v) is 7.05. The van der Waals surface area contributed by atoms with E-state index >= 15 is 0 Å². The van der Waals surface area contributed by atoms with Gasteiger partial charge in [-0.1, -0.05) is 30.3 Å². The van der Waals surface area contributed by atoms with E-state index in [1.54, 1.807) is 11.3 Å². The van der Waals surface area contributed by atoms with Crippen LogP contribution in [0.25, 0.3) is 0 Å². The fraction of sp³-hybridized carbons (Fsp3) is 0.524. The highest BCUT2D eigenvalue weighted by Crippen LogP contribution is 2.44. The highest BCUT2D eigenvalue weighted by atomic mass is 32.1. The summed E-state index contributed by atoms with van der Waals surface area (Å²) in [6.45, 7) is 5.95. The molecular weight excluding hydrogens is 342 g/mol. The second kappa shape index (κ2) is 7.49. The van der Waals surface area contributed by atoms with E-state index in [0.29, 0.717) is 18.6 Å². The first-order valence-corrected chi connectivity index (χ1v) is 10.5. The lowest BCUT2D eigenvalue weighted by atomic mass is 9.93. The van der Waals surface area contributed by atoms with E-state index in [2.05, 4.69) is 52.5 Å². The number of carbonyl (C=O) groups is 1. The summed E-state index contributed by atoms with van der Waals surface area (Å²) < 4.78 is 0. The van der Waals surface area contributed by atoms with Crippen LogP contribution < -0.4 is 5.32 Å². The number of rotatable bonds is 5. The smallest absolute Gasteiger partial charge is 0.224 e. The molecule has 1 aromatic carbocycles. The van der Waals surface area contributed by atoms with E-state index in [-0.39, 0.29) is 11.8 Å². The number of hydrogen-bond acceptors (Lipinski definition) is 4. The molecule has 3 heterocycles. The van der Waals surface area contributed by atoms with Crippen LogP contribution in [0.5, 0.6) is 0 Å². The normalized spacial score (nSPS) is 25.4. The summed E-state index contributed by atoms with van der Waals surface area (Å²) in [5.74, 6) is 0.341. The fourth-order valence-corrected chi connectivity index (χ4v) is 5.45. The van der Waals surface area contributed by atoms with Crippen molar-refractivity contribution in [3.8, 4) is 0 Å². The Kier molecular flexibility index (Phi) is 5.09. The molecule has 26 heavy (non-hydrogen) atoms. The van der Waals surface area contributed by atoms with Crippen LogP contribution in [0.15, 0.2) is 30.3 Å². The highest BCUT2D eigenvalue weighted by molar-refractivity contribution is 7.11. The minimum Gasteiger partial charge on any atom is -0.355 e. The molecule has 0 unspecified atom stereocenters. The Hall–Kier alpha value is -1.72. The maximum atomic E-state index is 12.9. The summed E-state index contributed by atoms with van der Waals surface area (Å²) in [7, 11) is 0. The minimum absolute atomic E-state index is 0.113. The lowest BCUT2D eigenvalue weighted by Crippen LogP contribution is -2.38. The Morgan fingerprint density at radius 3 is 2.85 bits per heavy atom. The molecule has 2 saturated heterocycles. The van der Waals surface area contributed by atoms with Crippen molar-refractivity contribution in [1.82, 2.24) is 15.2 Å². The van der Waals surface area contributed by atoms with Crippen LogP contribution in [0, 0.1) is 19.8 Å². The summed E-state index contributed by atoms with van der Waals surface area (Å²) in [6.07, 6.45) is 4.12.